The maximum atomic E-state index is 13.1. The number of hydrogen-bond acceptors (Lipinski definition) is 3. The third-order valence-electron chi connectivity index (χ3n) is 3.06. The summed E-state index contributed by atoms with van der Waals surface area (Å²) in [5.41, 5.74) is 1.03. The third-order valence-corrected chi connectivity index (χ3v) is 3.06. The summed E-state index contributed by atoms with van der Waals surface area (Å²) in [5, 5.41) is 5.63. The van der Waals surface area contributed by atoms with E-state index in [0.29, 0.717) is 30.3 Å². The van der Waals surface area contributed by atoms with Crippen LogP contribution in [-0.4, -0.2) is 19.1 Å². The van der Waals surface area contributed by atoms with Crippen molar-refractivity contribution in [2.75, 3.05) is 23.8 Å². The van der Waals surface area contributed by atoms with Gasteiger partial charge in [0.1, 0.15) is 5.75 Å². The summed E-state index contributed by atoms with van der Waals surface area (Å²) in [4.78, 5) is 11.9. The molecule has 4 nitrogen and oxygen atoms in total. The highest BCUT2D eigenvalue weighted by Crippen LogP contribution is 2.23. The zero-order valence-corrected chi connectivity index (χ0v) is 12.7. The molecule has 0 aromatic heterocycles. The van der Waals surface area contributed by atoms with Crippen LogP contribution in [0.3, 0.4) is 0 Å². The Hall–Kier alpha value is -2.63. The summed E-state index contributed by atoms with van der Waals surface area (Å²) in [6.07, 6.45) is 0.180. The van der Waals surface area contributed by atoms with Gasteiger partial charge < -0.3 is 15.4 Å². The Morgan fingerprint density at radius 2 is 1.91 bits per heavy atom. The third kappa shape index (κ3) is 4.95. The van der Waals surface area contributed by atoms with Crippen molar-refractivity contribution in [2.45, 2.75) is 13.3 Å². The number of carbonyl (C=O) groups is 1. The second-order valence-electron chi connectivity index (χ2n) is 4.78. The van der Waals surface area contributed by atoms with Gasteiger partial charge in [-0.3, -0.25) is 4.79 Å². The van der Waals surface area contributed by atoms with E-state index >= 15 is 0 Å². The Labute approximate surface area is 133 Å². The van der Waals surface area contributed by atoms with E-state index in [1.54, 1.807) is 18.2 Å². The number of halogens is 2. The maximum Gasteiger partial charge on any atom is 0.226 e. The van der Waals surface area contributed by atoms with Crippen molar-refractivity contribution in [3.05, 3.63) is 54.1 Å². The van der Waals surface area contributed by atoms with Crippen molar-refractivity contribution < 1.29 is 18.3 Å². The topological polar surface area (TPSA) is 50.4 Å². The molecule has 23 heavy (non-hydrogen) atoms. The molecular weight excluding hydrogens is 302 g/mol. The normalized spacial score (nSPS) is 10.2. The predicted molar refractivity (Wildman–Crippen MR) is 85.7 cm³/mol. The molecule has 0 aliphatic rings. The summed E-state index contributed by atoms with van der Waals surface area (Å²) < 4.78 is 31.3. The largest absolute Gasteiger partial charge is 0.492 e. The van der Waals surface area contributed by atoms with E-state index in [4.69, 9.17) is 4.74 Å². The standard InChI is InChI=1S/C17H18F2N2O2/c1-2-23-16-6-4-3-5-15(16)21-17(22)9-10-20-12-7-8-13(18)14(19)11-12/h3-8,11,20H,2,9-10H2,1H3,(H,21,22). The van der Waals surface area contributed by atoms with Crippen LogP contribution in [0.15, 0.2) is 42.5 Å². The summed E-state index contributed by atoms with van der Waals surface area (Å²) in [6, 6.07) is 10.7. The van der Waals surface area contributed by atoms with E-state index in [-0.39, 0.29) is 12.3 Å². The quantitative estimate of drug-likeness (QED) is 0.816. The van der Waals surface area contributed by atoms with Crippen molar-refractivity contribution in [1.29, 1.82) is 0 Å². The minimum atomic E-state index is -0.926. The van der Waals surface area contributed by atoms with Gasteiger partial charge in [0, 0.05) is 18.7 Å². The Kier molecular flexibility index (Phi) is 5.91. The number of rotatable bonds is 7. The second-order valence-corrected chi connectivity index (χ2v) is 4.78. The summed E-state index contributed by atoms with van der Waals surface area (Å²) in [6.45, 7) is 2.67. The van der Waals surface area contributed by atoms with Gasteiger partial charge in [-0.2, -0.15) is 0 Å². The Morgan fingerprint density at radius 1 is 1.13 bits per heavy atom. The second kappa shape index (κ2) is 8.12. The predicted octanol–water partition coefficient (Wildman–Crippen LogP) is 3.80. The molecule has 0 fully saturated rings. The van der Waals surface area contributed by atoms with Crippen molar-refractivity contribution >= 4 is 17.3 Å². The maximum absolute atomic E-state index is 13.1. The van der Waals surface area contributed by atoms with E-state index < -0.39 is 11.6 Å². The number of hydrogen-bond donors (Lipinski definition) is 2. The van der Waals surface area contributed by atoms with Crippen molar-refractivity contribution in [2.24, 2.45) is 0 Å². The van der Waals surface area contributed by atoms with Gasteiger partial charge in [-0.15, -0.1) is 0 Å². The smallest absolute Gasteiger partial charge is 0.226 e. The van der Waals surface area contributed by atoms with Crippen LogP contribution in [0.2, 0.25) is 0 Å². The zero-order chi connectivity index (χ0) is 16.7. The number of anilines is 2. The molecule has 0 spiro atoms. The first kappa shape index (κ1) is 16.7. The molecule has 0 heterocycles. The lowest BCUT2D eigenvalue weighted by Crippen LogP contribution is -2.17. The molecule has 0 radical (unpaired) electrons. The molecule has 0 aliphatic heterocycles. The van der Waals surface area contributed by atoms with Gasteiger partial charge in [-0.05, 0) is 37.3 Å². The van der Waals surface area contributed by atoms with Crippen molar-refractivity contribution in [3.8, 4) is 5.75 Å². The van der Waals surface area contributed by atoms with E-state index in [1.165, 1.54) is 6.07 Å². The van der Waals surface area contributed by atoms with Crippen LogP contribution in [0.5, 0.6) is 5.75 Å². The minimum Gasteiger partial charge on any atom is -0.492 e. The lowest BCUT2D eigenvalue weighted by atomic mass is 10.2. The lowest BCUT2D eigenvalue weighted by molar-refractivity contribution is -0.116. The average Bonchev–Trinajstić information content (AvgIpc) is 2.53. The first-order valence-electron chi connectivity index (χ1n) is 7.30. The van der Waals surface area contributed by atoms with Crippen molar-refractivity contribution in [1.82, 2.24) is 0 Å². The Balaban J connectivity index is 1.84. The monoisotopic (exact) mass is 320 g/mol. The summed E-state index contributed by atoms with van der Waals surface area (Å²) >= 11 is 0. The first-order valence-corrected chi connectivity index (χ1v) is 7.30. The number of amides is 1. The lowest BCUT2D eigenvalue weighted by Gasteiger charge is -2.11. The fourth-order valence-corrected chi connectivity index (χ4v) is 1.99. The van der Waals surface area contributed by atoms with Crippen LogP contribution < -0.4 is 15.4 Å². The summed E-state index contributed by atoms with van der Waals surface area (Å²) in [7, 11) is 0. The highest BCUT2D eigenvalue weighted by atomic mass is 19.2. The van der Waals surface area contributed by atoms with E-state index in [1.807, 2.05) is 13.0 Å². The summed E-state index contributed by atoms with van der Waals surface area (Å²) in [5.74, 6) is -1.42. The molecule has 0 unspecified atom stereocenters. The average molecular weight is 320 g/mol. The molecule has 0 saturated carbocycles. The highest BCUT2D eigenvalue weighted by Gasteiger charge is 2.07. The van der Waals surface area contributed by atoms with Crippen molar-refractivity contribution in [3.63, 3.8) is 0 Å². The van der Waals surface area contributed by atoms with Gasteiger partial charge in [-0.25, -0.2) is 8.78 Å². The van der Waals surface area contributed by atoms with Gasteiger partial charge in [0.2, 0.25) is 5.91 Å². The highest BCUT2D eigenvalue weighted by molar-refractivity contribution is 5.92. The van der Waals surface area contributed by atoms with Crippen LogP contribution in [0.25, 0.3) is 0 Å². The number of para-hydroxylation sites is 2. The molecule has 6 heteroatoms. The molecule has 2 rings (SSSR count). The van der Waals surface area contributed by atoms with Crippen LogP contribution >= 0.6 is 0 Å². The SMILES string of the molecule is CCOc1ccccc1NC(=O)CCNc1ccc(F)c(F)c1. The Bertz CT molecular complexity index is 677. The molecule has 2 N–H and O–H groups in total. The van der Waals surface area contributed by atoms with E-state index in [0.717, 1.165) is 12.1 Å². The number of benzene rings is 2. The minimum absolute atomic E-state index is 0.180. The fraction of sp³-hybridized carbons (Fsp3) is 0.235. The van der Waals surface area contributed by atoms with Crippen LogP contribution in [-0.2, 0) is 4.79 Å². The first-order chi connectivity index (χ1) is 11.1. The molecular formula is C17H18F2N2O2. The molecule has 0 bridgehead atoms. The van der Waals surface area contributed by atoms with E-state index in [9.17, 15) is 13.6 Å². The number of ether oxygens (including phenoxy) is 1. The molecule has 0 aliphatic carbocycles. The van der Waals surface area contributed by atoms with Crippen LogP contribution in [0.4, 0.5) is 20.2 Å². The van der Waals surface area contributed by atoms with Crippen LogP contribution in [0.1, 0.15) is 13.3 Å². The molecule has 2 aromatic rings. The molecule has 0 atom stereocenters. The van der Waals surface area contributed by atoms with E-state index in [2.05, 4.69) is 10.6 Å². The molecule has 2 aromatic carbocycles. The molecule has 1 amide bonds. The van der Waals surface area contributed by atoms with Gasteiger partial charge >= 0.3 is 0 Å². The van der Waals surface area contributed by atoms with Gasteiger partial charge in [0.25, 0.3) is 0 Å². The number of carbonyl (C=O) groups excluding carboxylic acids is 1. The zero-order valence-electron chi connectivity index (χ0n) is 12.7. The molecule has 0 saturated heterocycles. The van der Waals surface area contributed by atoms with Crippen LogP contribution in [0, 0.1) is 11.6 Å². The Morgan fingerprint density at radius 3 is 2.65 bits per heavy atom. The van der Waals surface area contributed by atoms with Gasteiger partial charge in [-0.1, -0.05) is 12.1 Å². The van der Waals surface area contributed by atoms with Gasteiger partial charge in [0.05, 0.1) is 12.3 Å². The number of nitrogens with one attached hydrogen (secondary N) is 2. The van der Waals surface area contributed by atoms with Gasteiger partial charge in [0.15, 0.2) is 11.6 Å². The molecule has 122 valence electrons. The fourth-order valence-electron chi connectivity index (χ4n) is 1.99.